The predicted octanol–water partition coefficient (Wildman–Crippen LogP) is 4.57. The molecule has 1 aromatic carbocycles. The van der Waals surface area contributed by atoms with E-state index in [-0.39, 0.29) is 0 Å². The molecule has 0 aliphatic heterocycles. The van der Waals surface area contributed by atoms with Crippen molar-refractivity contribution in [3.8, 4) is 0 Å². The Bertz CT molecular complexity index is 441. The van der Waals surface area contributed by atoms with Crippen molar-refractivity contribution in [1.29, 1.82) is 0 Å². The van der Waals surface area contributed by atoms with Crippen molar-refractivity contribution in [1.82, 2.24) is 5.32 Å². The van der Waals surface area contributed by atoms with Gasteiger partial charge in [0.05, 0.1) is 6.10 Å². The monoisotopic (exact) mass is 309 g/mol. The lowest BCUT2D eigenvalue weighted by molar-refractivity contribution is 0.158. The van der Waals surface area contributed by atoms with Crippen LogP contribution in [-0.4, -0.2) is 18.2 Å². The number of hydrogen-bond donors (Lipinski definition) is 2. The predicted molar refractivity (Wildman–Crippen MR) is 89.6 cm³/mol. The van der Waals surface area contributed by atoms with Crippen LogP contribution in [-0.2, 0) is 0 Å². The number of halogens is 1. The highest BCUT2D eigenvalue weighted by Gasteiger charge is 2.34. The molecule has 0 heterocycles. The van der Waals surface area contributed by atoms with Crippen LogP contribution in [0.1, 0.15) is 57.6 Å². The van der Waals surface area contributed by atoms with Crippen LogP contribution < -0.4 is 5.32 Å². The third-order valence-corrected chi connectivity index (χ3v) is 4.95. The van der Waals surface area contributed by atoms with Gasteiger partial charge >= 0.3 is 0 Å². The molecule has 0 bridgehead atoms. The number of nitrogens with one attached hydrogen (secondary N) is 1. The van der Waals surface area contributed by atoms with E-state index < -0.39 is 6.10 Å². The molecule has 118 valence electrons. The lowest BCUT2D eigenvalue weighted by atomic mass is 9.78. The Hall–Kier alpha value is -0.570. The minimum absolute atomic E-state index is 0.439. The number of aliphatic hydroxyl groups excluding tert-OH is 1. The molecule has 0 amide bonds. The third-order valence-electron chi connectivity index (χ3n) is 4.61. The van der Waals surface area contributed by atoms with E-state index in [0.717, 1.165) is 18.0 Å². The summed E-state index contributed by atoms with van der Waals surface area (Å²) >= 11 is 6.13. The molecule has 2 nitrogen and oxygen atoms in total. The maximum Gasteiger partial charge on any atom is 0.0928 e. The van der Waals surface area contributed by atoms with Crippen LogP contribution in [0.4, 0.5) is 0 Å². The molecule has 0 aromatic heterocycles. The first-order chi connectivity index (χ1) is 10.0. The van der Waals surface area contributed by atoms with E-state index in [1.54, 1.807) is 0 Å². The number of aliphatic hydroxyl groups is 1. The molecule has 0 spiro atoms. The van der Waals surface area contributed by atoms with Crippen molar-refractivity contribution in [3.63, 3.8) is 0 Å². The molecule has 1 fully saturated rings. The quantitative estimate of drug-likeness (QED) is 0.773. The van der Waals surface area contributed by atoms with E-state index in [2.05, 4.69) is 19.2 Å². The summed E-state index contributed by atoms with van der Waals surface area (Å²) in [7, 11) is 0. The van der Waals surface area contributed by atoms with E-state index in [1.165, 1.54) is 32.1 Å². The first-order valence-electron chi connectivity index (χ1n) is 8.16. The maximum absolute atomic E-state index is 10.3. The van der Waals surface area contributed by atoms with Gasteiger partial charge in [-0.1, -0.05) is 56.5 Å². The molecule has 1 aliphatic carbocycles. The largest absolute Gasteiger partial charge is 0.387 e. The minimum atomic E-state index is -0.531. The summed E-state index contributed by atoms with van der Waals surface area (Å²) in [5.41, 5.74) is 1.25. The summed E-state index contributed by atoms with van der Waals surface area (Å²) in [5, 5.41) is 14.4. The SMILES string of the molecule is CC(C)CC1(CNCC(O)c2ccccc2Cl)CCCC1. The second kappa shape index (κ2) is 7.62. The molecule has 3 heteroatoms. The Balaban J connectivity index is 1.86. The minimum Gasteiger partial charge on any atom is -0.387 e. The highest BCUT2D eigenvalue weighted by atomic mass is 35.5. The Morgan fingerprint density at radius 1 is 1.24 bits per heavy atom. The molecule has 2 rings (SSSR count). The first kappa shape index (κ1) is 16.8. The molecule has 1 aromatic rings. The van der Waals surface area contributed by atoms with E-state index in [4.69, 9.17) is 11.6 Å². The van der Waals surface area contributed by atoms with Gasteiger partial charge in [0.1, 0.15) is 0 Å². The summed E-state index contributed by atoms with van der Waals surface area (Å²) < 4.78 is 0. The molecule has 0 saturated heterocycles. The molecule has 1 aliphatic rings. The van der Waals surface area contributed by atoms with Crippen molar-refractivity contribution in [2.45, 2.75) is 52.1 Å². The zero-order valence-corrected chi connectivity index (χ0v) is 14.0. The fraction of sp³-hybridized carbons (Fsp3) is 0.667. The Morgan fingerprint density at radius 2 is 1.90 bits per heavy atom. The van der Waals surface area contributed by atoms with Crippen molar-refractivity contribution in [3.05, 3.63) is 34.9 Å². The molecule has 1 saturated carbocycles. The van der Waals surface area contributed by atoms with Crippen LogP contribution in [0.25, 0.3) is 0 Å². The van der Waals surface area contributed by atoms with E-state index in [1.807, 2.05) is 24.3 Å². The standard InChI is InChI=1S/C18H28ClNO/c1-14(2)11-18(9-5-6-10-18)13-20-12-17(21)15-7-3-4-8-16(15)19/h3-4,7-8,14,17,20-21H,5-6,9-13H2,1-2H3. The molecule has 2 N–H and O–H groups in total. The van der Waals surface area contributed by atoms with Gasteiger partial charge in [0, 0.05) is 23.7 Å². The third kappa shape index (κ3) is 4.70. The zero-order chi connectivity index (χ0) is 15.3. The van der Waals surface area contributed by atoms with Crippen LogP contribution >= 0.6 is 11.6 Å². The lowest BCUT2D eigenvalue weighted by Crippen LogP contribution is -2.35. The topological polar surface area (TPSA) is 32.3 Å². The van der Waals surface area contributed by atoms with Crippen molar-refractivity contribution in [2.24, 2.45) is 11.3 Å². The summed E-state index contributed by atoms with van der Waals surface area (Å²) in [6, 6.07) is 7.54. The van der Waals surface area contributed by atoms with E-state index >= 15 is 0 Å². The van der Waals surface area contributed by atoms with E-state index in [0.29, 0.717) is 17.0 Å². The Labute approximate surface area is 133 Å². The Morgan fingerprint density at radius 3 is 2.52 bits per heavy atom. The zero-order valence-electron chi connectivity index (χ0n) is 13.2. The molecule has 1 unspecified atom stereocenters. The van der Waals surface area contributed by atoms with Gasteiger partial charge in [0.25, 0.3) is 0 Å². The summed E-state index contributed by atoms with van der Waals surface area (Å²) in [6.07, 6.45) is 6.09. The van der Waals surface area contributed by atoms with Gasteiger partial charge in [-0.05, 0) is 36.7 Å². The molecule has 21 heavy (non-hydrogen) atoms. The summed E-state index contributed by atoms with van der Waals surface area (Å²) in [6.45, 7) is 6.19. The number of hydrogen-bond acceptors (Lipinski definition) is 2. The van der Waals surface area contributed by atoms with Gasteiger partial charge in [0.15, 0.2) is 0 Å². The van der Waals surface area contributed by atoms with Crippen molar-refractivity contribution >= 4 is 11.6 Å². The van der Waals surface area contributed by atoms with Crippen LogP contribution in [0.2, 0.25) is 5.02 Å². The average Bonchev–Trinajstić information content (AvgIpc) is 2.86. The highest BCUT2D eigenvalue weighted by molar-refractivity contribution is 6.31. The highest BCUT2D eigenvalue weighted by Crippen LogP contribution is 2.42. The maximum atomic E-state index is 10.3. The fourth-order valence-electron chi connectivity index (χ4n) is 3.77. The van der Waals surface area contributed by atoms with Gasteiger partial charge in [0.2, 0.25) is 0 Å². The van der Waals surface area contributed by atoms with Crippen molar-refractivity contribution in [2.75, 3.05) is 13.1 Å². The van der Waals surface area contributed by atoms with E-state index in [9.17, 15) is 5.11 Å². The average molecular weight is 310 g/mol. The Kier molecular flexibility index (Phi) is 6.09. The summed E-state index contributed by atoms with van der Waals surface area (Å²) in [4.78, 5) is 0. The lowest BCUT2D eigenvalue weighted by Gasteiger charge is -2.31. The van der Waals surface area contributed by atoms with Crippen molar-refractivity contribution < 1.29 is 5.11 Å². The molecular formula is C18H28ClNO. The smallest absolute Gasteiger partial charge is 0.0928 e. The summed E-state index contributed by atoms with van der Waals surface area (Å²) in [5.74, 6) is 0.735. The van der Waals surface area contributed by atoms with Gasteiger partial charge in [-0.2, -0.15) is 0 Å². The van der Waals surface area contributed by atoms with Crippen LogP contribution in [0, 0.1) is 11.3 Å². The fourth-order valence-corrected chi connectivity index (χ4v) is 4.04. The van der Waals surface area contributed by atoms with Gasteiger partial charge in [-0.15, -0.1) is 0 Å². The van der Waals surface area contributed by atoms with Crippen LogP contribution in [0.15, 0.2) is 24.3 Å². The number of benzene rings is 1. The second-order valence-corrected chi connectivity index (χ2v) is 7.38. The molecular weight excluding hydrogens is 282 g/mol. The van der Waals surface area contributed by atoms with Crippen LogP contribution in [0.3, 0.4) is 0 Å². The number of rotatable bonds is 7. The second-order valence-electron chi connectivity index (χ2n) is 6.97. The van der Waals surface area contributed by atoms with Gasteiger partial charge < -0.3 is 10.4 Å². The van der Waals surface area contributed by atoms with Gasteiger partial charge in [-0.3, -0.25) is 0 Å². The first-order valence-corrected chi connectivity index (χ1v) is 8.53. The van der Waals surface area contributed by atoms with Gasteiger partial charge in [-0.25, -0.2) is 0 Å². The normalized spacial score (nSPS) is 19.1. The molecule has 1 atom stereocenters. The van der Waals surface area contributed by atoms with Crippen LogP contribution in [0.5, 0.6) is 0 Å². The molecule has 0 radical (unpaired) electrons.